The van der Waals surface area contributed by atoms with Gasteiger partial charge in [0, 0.05) is 0 Å². The van der Waals surface area contributed by atoms with E-state index in [0.717, 1.165) is 51.4 Å². The van der Waals surface area contributed by atoms with Gasteiger partial charge in [0.25, 0.3) is 0 Å². The molecule has 3 heteroatoms. The van der Waals surface area contributed by atoms with Gasteiger partial charge in [0.1, 0.15) is 13.6 Å². The van der Waals surface area contributed by atoms with E-state index < -0.39 is 0 Å². The molecule has 0 amide bonds. The quantitative estimate of drug-likeness (QED) is 0.0623. The van der Waals surface area contributed by atoms with Crippen LogP contribution in [0.2, 0.25) is 0 Å². The molecule has 2 atom stereocenters. The predicted octanol–water partition coefficient (Wildman–Crippen LogP) is 12.2. The normalized spacial score (nSPS) is 13.6. The Morgan fingerprint density at radius 1 is 0.488 bits per heavy atom. The summed E-state index contributed by atoms with van der Waals surface area (Å²) in [6.45, 7) is 4.91. The van der Waals surface area contributed by atoms with E-state index in [2.05, 4.69) is 123 Å². The van der Waals surface area contributed by atoms with Crippen LogP contribution in [0.3, 0.4) is 0 Å². The minimum atomic E-state index is 0.0265. The third-order valence-corrected chi connectivity index (χ3v) is 7.44. The molecule has 2 unspecified atom stereocenters. The number of hydrogen-bond donors (Lipinski definition) is 0. The average Bonchev–Trinajstić information content (AvgIpc) is 3.05. The fourth-order valence-corrected chi connectivity index (χ4v) is 4.85. The van der Waals surface area contributed by atoms with Crippen LogP contribution in [0.25, 0.3) is 0 Å². The molecule has 236 valence electrons. The highest BCUT2D eigenvalue weighted by Crippen LogP contribution is 2.26. The Morgan fingerprint density at radius 2 is 0.860 bits per heavy atom. The van der Waals surface area contributed by atoms with Crippen LogP contribution < -0.4 is 0 Å². The van der Waals surface area contributed by atoms with E-state index in [1.807, 2.05) is 0 Å². The summed E-state index contributed by atoms with van der Waals surface area (Å²) >= 11 is 0. The highest BCUT2D eigenvalue weighted by atomic mass is 16.7. The fourth-order valence-electron chi connectivity index (χ4n) is 4.85. The van der Waals surface area contributed by atoms with Crippen LogP contribution in [0.5, 0.6) is 0 Å². The molecule has 0 aliphatic carbocycles. The Labute approximate surface area is 263 Å². The highest BCUT2D eigenvalue weighted by Gasteiger charge is 2.14. The van der Waals surface area contributed by atoms with E-state index >= 15 is 0 Å². The molecule has 2 rings (SSSR count). The van der Waals surface area contributed by atoms with Crippen molar-refractivity contribution in [3.63, 3.8) is 0 Å². The molecule has 2 aromatic rings. The van der Waals surface area contributed by atoms with Crippen molar-refractivity contribution in [3.05, 3.63) is 120 Å². The Kier molecular flexibility index (Phi) is 22.8. The summed E-state index contributed by atoms with van der Waals surface area (Å²) in [5.41, 5.74) is 2.41. The lowest BCUT2D eigenvalue weighted by atomic mass is 10.0. The van der Waals surface area contributed by atoms with Crippen LogP contribution in [0.1, 0.15) is 127 Å². The first-order valence-electron chi connectivity index (χ1n) is 16.9. The van der Waals surface area contributed by atoms with E-state index in [9.17, 15) is 0 Å². The molecule has 0 aromatic heterocycles. The first-order valence-corrected chi connectivity index (χ1v) is 16.9. The van der Waals surface area contributed by atoms with Gasteiger partial charge in [0.2, 0.25) is 0 Å². The van der Waals surface area contributed by atoms with Gasteiger partial charge in [0.15, 0.2) is 0 Å². The van der Waals surface area contributed by atoms with Crippen LogP contribution in [-0.2, 0) is 14.2 Å². The maximum absolute atomic E-state index is 6.22. The zero-order valence-electron chi connectivity index (χ0n) is 27.1. The molecule has 0 bridgehead atoms. The second kappa shape index (κ2) is 26.9. The molecule has 3 nitrogen and oxygen atoms in total. The van der Waals surface area contributed by atoms with Crippen molar-refractivity contribution in [2.75, 3.05) is 13.6 Å². The molecule has 0 N–H and O–H groups in total. The maximum atomic E-state index is 6.22. The van der Waals surface area contributed by atoms with Crippen LogP contribution in [0.15, 0.2) is 109 Å². The summed E-state index contributed by atoms with van der Waals surface area (Å²) in [5.74, 6) is 0. The SMILES string of the molecule is CCCCC=CC=CCCCCC(OCOCOC(CCCCC=CC=CCCCC)c1ccccc1)c1ccccc1. The molecular weight excluding hydrogens is 528 g/mol. The third-order valence-electron chi connectivity index (χ3n) is 7.44. The smallest absolute Gasteiger partial charge is 0.150 e. The largest absolute Gasteiger partial charge is 0.347 e. The molecule has 0 spiro atoms. The van der Waals surface area contributed by atoms with Gasteiger partial charge in [-0.05, 0) is 62.5 Å². The van der Waals surface area contributed by atoms with Crippen molar-refractivity contribution < 1.29 is 14.2 Å². The summed E-state index contributed by atoms with van der Waals surface area (Å²) in [5, 5.41) is 0. The van der Waals surface area contributed by atoms with Gasteiger partial charge in [0.05, 0.1) is 12.2 Å². The number of allylic oxidation sites excluding steroid dienone is 8. The molecule has 0 aliphatic heterocycles. The number of ether oxygens (including phenoxy) is 3. The molecule has 0 saturated heterocycles. The molecule has 0 heterocycles. The van der Waals surface area contributed by atoms with Gasteiger partial charge in [-0.1, -0.05) is 162 Å². The minimum absolute atomic E-state index is 0.0265. The van der Waals surface area contributed by atoms with Crippen molar-refractivity contribution in [2.24, 2.45) is 0 Å². The van der Waals surface area contributed by atoms with E-state index in [-0.39, 0.29) is 25.8 Å². The number of rotatable bonds is 26. The van der Waals surface area contributed by atoms with Gasteiger partial charge in [-0.15, -0.1) is 0 Å². The number of benzene rings is 2. The first kappa shape index (κ1) is 36.5. The molecule has 43 heavy (non-hydrogen) atoms. The summed E-state index contributed by atoms with van der Waals surface area (Å²) < 4.78 is 18.3. The van der Waals surface area contributed by atoms with Crippen LogP contribution in [0, 0.1) is 0 Å². The molecule has 0 radical (unpaired) electrons. The van der Waals surface area contributed by atoms with Gasteiger partial charge in [-0.2, -0.15) is 0 Å². The standard InChI is InChI=1S/C40H58O3/c1-3-5-7-9-11-13-15-17-19-27-33-39(37-29-23-21-24-30-37)42-35-41-36-43-40(38-31-25-22-26-32-38)34-28-20-18-16-14-12-10-8-6-4-2/h9-16,21-26,29-32,39-40H,3-8,17-20,27-28,33-36H2,1-2H3. The summed E-state index contributed by atoms with van der Waals surface area (Å²) in [6, 6.07) is 21.0. The monoisotopic (exact) mass is 586 g/mol. The number of unbranched alkanes of at least 4 members (excludes halogenated alkanes) is 8. The molecule has 0 aliphatic rings. The third kappa shape index (κ3) is 19.2. The Morgan fingerprint density at radius 3 is 1.23 bits per heavy atom. The zero-order valence-corrected chi connectivity index (χ0v) is 27.1. The average molecular weight is 587 g/mol. The summed E-state index contributed by atoms with van der Waals surface area (Å²) in [7, 11) is 0. The molecule has 0 saturated carbocycles. The summed E-state index contributed by atoms with van der Waals surface area (Å²) in [4.78, 5) is 0. The van der Waals surface area contributed by atoms with Crippen molar-refractivity contribution >= 4 is 0 Å². The van der Waals surface area contributed by atoms with Crippen molar-refractivity contribution in [3.8, 4) is 0 Å². The van der Waals surface area contributed by atoms with E-state index in [4.69, 9.17) is 14.2 Å². The van der Waals surface area contributed by atoms with Gasteiger partial charge in [-0.25, -0.2) is 0 Å². The summed E-state index contributed by atoms with van der Waals surface area (Å²) in [6.07, 6.45) is 33.9. The topological polar surface area (TPSA) is 27.7 Å². The molecule has 0 fully saturated rings. The van der Waals surface area contributed by atoms with Crippen molar-refractivity contribution in [1.29, 1.82) is 0 Å². The van der Waals surface area contributed by atoms with Gasteiger partial charge in [-0.3, -0.25) is 0 Å². The second-order valence-corrected chi connectivity index (χ2v) is 11.1. The highest BCUT2D eigenvalue weighted by molar-refractivity contribution is 5.18. The first-order chi connectivity index (χ1) is 21.3. The fraction of sp³-hybridized carbons (Fsp3) is 0.500. The van der Waals surface area contributed by atoms with Gasteiger partial charge >= 0.3 is 0 Å². The number of hydrogen-bond acceptors (Lipinski definition) is 3. The second-order valence-electron chi connectivity index (χ2n) is 11.1. The lowest BCUT2D eigenvalue weighted by molar-refractivity contribution is -0.168. The Hall–Kier alpha value is -2.72. The maximum Gasteiger partial charge on any atom is 0.150 e. The van der Waals surface area contributed by atoms with Crippen LogP contribution in [0.4, 0.5) is 0 Å². The lowest BCUT2D eigenvalue weighted by Crippen LogP contribution is -2.12. The predicted molar refractivity (Wildman–Crippen MR) is 184 cm³/mol. The molecular formula is C40H58O3. The van der Waals surface area contributed by atoms with E-state index in [0.29, 0.717) is 0 Å². The lowest BCUT2D eigenvalue weighted by Gasteiger charge is -2.20. The Bertz CT molecular complexity index is 911. The zero-order chi connectivity index (χ0) is 30.5. The van der Waals surface area contributed by atoms with E-state index in [1.54, 1.807) is 0 Å². The van der Waals surface area contributed by atoms with Crippen LogP contribution in [-0.4, -0.2) is 13.6 Å². The van der Waals surface area contributed by atoms with E-state index in [1.165, 1.54) is 49.7 Å². The van der Waals surface area contributed by atoms with Gasteiger partial charge < -0.3 is 14.2 Å². The minimum Gasteiger partial charge on any atom is -0.347 e. The Balaban J connectivity index is 1.72. The van der Waals surface area contributed by atoms with Crippen LogP contribution >= 0.6 is 0 Å². The van der Waals surface area contributed by atoms with Crippen molar-refractivity contribution in [1.82, 2.24) is 0 Å². The van der Waals surface area contributed by atoms with Crippen molar-refractivity contribution in [2.45, 2.75) is 116 Å². The molecule has 2 aromatic carbocycles.